The van der Waals surface area contributed by atoms with Gasteiger partial charge in [-0.05, 0) is 136 Å². The number of nitrogens with zero attached hydrogens (tertiary/aromatic N) is 2. The molecule has 2 aromatic carbocycles. The van der Waals surface area contributed by atoms with Crippen LogP contribution in [-0.4, -0.2) is 21.7 Å². The Bertz CT molecular complexity index is 2280. The van der Waals surface area contributed by atoms with E-state index in [1.54, 1.807) is 0 Å². The summed E-state index contributed by atoms with van der Waals surface area (Å²) < 4.78 is 92.0. The highest BCUT2D eigenvalue weighted by Crippen LogP contribution is 2.49. The number of fused-ring (bicyclic) bond motifs is 2. The molecule has 0 fully saturated rings. The zero-order valence-corrected chi connectivity index (χ0v) is 35.7. The van der Waals surface area contributed by atoms with E-state index < -0.39 is 30.5 Å². The van der Waals surface area contributed by atoms with E-state index >= 15 is 0 Å². The van der Waals surface area contributed by atoms with Crippen molar-refractivity contribution in [2.75, 3.05) is 0 Å². The summed E-state index contributed by atoms with van der Waals surface area (Å²) in [6, 6.07) is 6.31. The van der Waals surface area contributed by atoms with Crippen molar-refractivity contribution in [2.45, 2.75) is 101 Å². The summed E-state index contributed by atoms with van der Waals surface area (Å²) in [5, 5.41) is 0. The second-order valence-corrected chi connectivity index (χ2v) is 16.9. The minimum atomic E-state index is -5.00. The predicted octanol–water partition coefficient (Wildman–Crippen LogP) is 13.8. The van der Waals surface area contributed by atoms with Gasteiger partial charge in [0.1, 0.15) is 0 Å². The van der Waals surface area contributed by atoms with E-state index in [1.807, 2.05) is 19.8 Å². The number of rotatable bonds is 8. The monoisotopic (exact) mass is 797 g/mol. The van der Waals surface area contributed by atoms with Crippen LogP contribution in [0, 0.1) is 57.3 Å². The molecule has 306 valence electrons. The fourth-order valence-corrected chi connectivity index (χ4v) is 10.2. The van der Waals surface area contributed by atoms with Gasteiger partial charge in [-0.3, -0.25) is 4.49 Å². The van der Waals surface area contributed by atoms with Crippen molar-refractivity contribution in [3.63, 3.8) is 0 Å². The topological polar surface area (TPSA) is 7.94 Å². The summed E-state index contributed by atoms with van der Waals surface area (Å²) in [7, 11) is 0. The lowest BCUT2D eigenvalue weighted by molar-refractivity contribution is -0.356. The summed E-state index contributed by atoms with van der Waals surface area (Å²) >= 11 is 0. The first kappa shape index (κ1) is 43.1. The summed E-state index contributed by atoms with van der Waals surface area (Å²) in [5.74, 6) is 2.07. The molecule has 3 aromatic rings. The van der Waals surface area contributed by atoms with Crippen LogP contribution in [0.4, 0.5) is 26.3 Å². The molecule has 1 aliphatic carbocycles. The minimum absolute atomic E-state index is 0.0196. The van der Waals surface area contributed by atoms with Crippen molar-refractivity contribution in [2.24, 2.45) is 29.6 Å². The molecule has 0 amide bonds. The third-order valence-electron chi connectivity index (χ3n) is 13.0. The number of alkyl halides is 6. The zero-order chi connectivity index (χ0) is 42.8. The van der Waals surface area contributed by atoms with Crippen LogP contribution < -0.4 is 0 Å². The molecule has 6 rings (SSSR count). The van der Waals surface area contributed by atoms with E-state index in [4.69, 9.17) is 0 Å². The number of benzene rings is 2. The highest BCUT2D eigenvalue weighted by molar-refractivity contribution is 6.57. The van der Waals surface area contributed by atoms with Crippen LogP contribution in [0.2, 0.25) is 0 Å². The van der Waals surface area contributed by atoms with E-state index in [2.05, 4.69) is 126 Å². The first-order valence-electron chi connectivity index (χ1n) is 20.5. The molecule has 0 spiro atoms. The molecule has 3 aliphatic rings. The van der Waals surface area contributed by atoms with Gasteiger partial charge in [-0.15, -0.1) is 6.58 Å². The number of halogens is 6. The molecule has 3 heterocycles. The molecule has 5 atom stereocenters. The Morgan fingerprint density at radius 1 is 0.828 bits per heavy atom. The van der Waals surface area contributed by atoms with Gasteiger partial charge in [-0.2, -0.15) is 26.3 Å². The number of hydrogen-bond donors (Lipinski definition) is 0. The fourth-order valence-electron chi connectivity index (χ4n) is 10.2. The third-order valence-corrected chi connectivity index (χ3v) is 13.0. The number of aryl methyl sites for hydroxylation is 3. The van der Waals surface area contributed by atoms with Gasteiger partial charge >= 0.3 is 19.3 Å². The molecule has 0 saturated carbocycles. The van der Waals surface area contributed by atoms with Crippen LogP contribution in [0.25, 0.3) is 17.7 Å². The molecule has 0 radical (unpaired) electrons. The Hall–Kier alpha value is -4.53. The highest BCUT2D eigenvalue weighted by Gasteiger charge is 2.53. The Kier molecular flexibility index (Phi) is 11.8. The van der Waals surface area contributed by atoms with Crippen molar-refractivity contribution in [3.8, 4) is 0 Å². The Balaban J connectivity index is 1.79. The van der Waals surface area contributed by atoms with Crippen LogP contribution in [-0.2, 0) is 18.8 Å². The van der Waals surface area contributed by atoms with Gasteiger partial charge in [0.05, 0.1) is 22.4 Å². The largest absolute Gasteiger partial charge is 0.649 e. The van der Waals surface area contributed by atoms with Gasteiger partial charge in [0, 0.05) is 23.4 Å². The van der Waals surface area contributed by atoms with Gasteiger partial charge in [-0.1, -0.05) is 87.8 Å². The van der Waals surface area contributed by atoms with E-state index in [9.17, 15) is 26.3 Å². The lowest BCUT2D eigenvalue weighted by Gasteiger charge is -2.39. The molecular formula is C49H56BF6N2+. The van der Waals surface area contributed by atoms with Crippen LogP contribution in [0.1, 0.15) is 116 Å². The van der Waals surface area contributed by atoms with Gasteiger partial charge in [-0.25, -0.2) is 0 Å². The first-order valence-corrected chi connectivity index (χ1v) is 20.5. The maximum Gasteiger partial charge on any atom is 0.649 e. The zero-order valence-electron chi connectivity index (χ0n) is 35.7. The molecule has 58 heavy (non-hydrogen) atoms. The smallest absolute Gasteiger partial charge is 0.315 e. The molecule has 9 heteroatoms. The highest BCUT2D eigenvalue weighted by atomic mass is 19.4. The van der Waals surface area contributed by atoms with Crippen molar-refractivity contribution < 1.29 is 30.8 Å². The van der Waals surface area contributed by atoms with Crippen molar-refractivity contribution in [3.05, 3.63) is 145 Å². The second kappa shape index (κ2) is 15.9. The standard InChI is InChI=1S/C49H56BF6N2/c1-13-39-33(10)34(11)46-45(36-24-37(48(51,52)53)26-38(25-36)49(54,55)56)47-35(12)40(14-2)44(19-17-42-31(8)22-28(5)23-32(42)9)58(47)50(15-3)57(46)43(39)18-16-41-29(6)20-27(4)21-30(41)7/h15-26,29,33-34,39,41H,3,13-14H2,1-2,4-12H3/q+1/b18-16+,19-17+/t29?,33-,34?,39?,41?/m0/s1. The molecule has 4 unspecified atom stereocenters. The van der Waals surface area contributed by atoms with Gasteiger partial charge in [0.25, 0.3) is 0 Å². The Morgan fingerprint density at radius 2 is 1.43 bits per heavy atom. The summed E-state index contributed by atoms with van der Waals surface area (Å²) in [6.07, 6.45) is 4.42. The van der Waals surface area contributed by atoms with E-state index in [0.29, 0.717) is 23.4 Å². The van der Waals surface area contributed by atoms with Gasteiger partial charge in [0.15, 0.2) is 11.4 Å². The lowest BCUT2D eigenvalue weighted by Crippen LogP contribution is -2.52. The molecule has 0 saturated heterocycles. The van der Waals surface area contributed by atoms with Crippen LogP contribution in [0.15, 0.2) is 84.0 Å². The van der Waals surface area contributed by atoms with Crippen LogP contribution in [0.5, 0.6) is 0 Å². The molecule has 0 N–H and O–H groups in total. The number of allylic oxidation sites excluding steroid dienone is 7. The molecular weight excluding hydrogens is 741 g/mol. The second-order valence-electron chi connectivity index (χ2n) is 16.9. The quantitative estimate of drug-likeness (QED) is 0.158. The fraction of sp³-hybridized carbons (Fsp3) is 0.408. The van der Waals surface area contributed by atoms with Crippen molar-refractivity contribution in [1.29, 1.82) is 0 Å². The lowest BCUT2D eigenvalue weighted by atomic mass is 9.63. The Morgan fingerprint density at radius 3 is 1.95 bits per heavy atom. The predicted molar refractivity (Wildman–Crippen MR) is 229 cm³/mol. The molecule has 2 aliphatic heterocycles. The first-order chi connectivity index (χ1) is 27.1. The van der Waals surface area contributed by atoms with Crippen LogP contribution >= 0.6 is 0 Å². The SMILES string of the molecule is C=CB1n2c(/C=C/c3c(C)cc(C)cc3C)c(CC)c(C)c2C(c2cc(C(F)(F)F)cc(C(F)(F)F)c2)=C2C(C)[C@H](C)C(CC)C(/C=C/C3C(C)=CC(C)=CC3C)=[N+]12. The van der Waals surface area contributed by atoms with Crippen LogP contribution in [0.3, 0.4) is 0 Å². The van der Waals surface area contributed by atoms with Gasteiger partial charge in [0.2, 0.25) is 0 Å². The van der Waals surface area contributed by atoms with Crippen molar-refractivity contribution >= 4 is 30.4 Å². The Labute approximate surface area is 341 Å². The number of hydrogen-bond acceptors (Lipinski definition) is 0. The van der Waals surface area contributed by atoms with E-state index in [0.717, 1.165) is 63.3 Å². The molecule has 0 bridgehead atoms. The van der Waals surface area contributed by atoms with Crippen molar-refractivity contribution in [1.82, 2.24) is 4.48 Å². The average molecular weight is 798 g/mol. The molecule has 1 aromatic heterocycles. The molecule has 2 nitrogen and oxygen atoms in total. The van der Waals surface area contributed by atoms with E-state index in [-0.39, 0.29) is 41.2 Å². The summed E-state index contributed by atoms with van der Waals surface area (Å²) in [6.45, 7) is 26.8. The maximum atomic E-state index is 14.6. The van der Waals surface area contributed by atoms with E-state index in [1.165, 1.54) is 11.1 Å². The third kappa shape index (κ3) is 7.59. The van der Waals surface area contributed by atoms with Gasteiger partial charge < -0.3 is 4.48 Å². The number of aromatic nitrogens is 1. The summed E-state index contributed by atoms with van der Waals surface area (Å²) in [5.41, 5.74) is 9.48. The maximum absolute atomic E-state index is 14.6. The minimum Gasteiger partial charge on any atom is -0.315 e. The normalized spacial score (nSPS) is 22.8. The summed E-state index contributed by atoms with van der Waals surface area (Å²) in [4.78, 5) is 0. The average Bonchev–Trinajstić information content (AvgIpc) is 3.40.